The first-order valence-corrected chi connectivity index (χ1v) is 8.51. The van der Waals surface area contributed by atoms with E-state index in [-0.39, 0.29) is 11.8 Å². The van der Waals surface area contributed by atoms with Crippen molar-refractivity contribution in [2.75, 3.05) is 18.0 Å². The van der Waals surface area contributed by atoms with Gasteiger partial charge in [0.1, 0.15) is 17.9 Å². The molecular formula is C18H20N6O2. The van der Waals surface area contributed by atoms with Crippen LogP contribution in [0.3, 0.4) is 0 Å². The zero-order chi connectivity index (χ0) is 18.1. The lowest BCUT2D eigenvalue weighted by atomic mass is 9.99. The molecule has 8 heteroatoms. The number of anilines is 1. The van der Waals surface area contributed by atoms with Gasteiger partial charge in [0.05, 0.1) is 24.4 Å². The molecule has 4 rings (SSSR count). The van der Waals surface area contributed by atoms with E-state index < -0.39 is 0 Å². The summed E-state index contributed by atoms with van der Waals surface area (Å²) in [6.45, 7) is 5.63. The second-order valence-corrected chi connectivity index (χ2v) is 6.47. The van der Waals surface area contributed by atoms with Crippen LogP contribution in [-0.2, 0) is 11.3 Å². The zero-order valence-electron chi connectivity index (χ0n) is 14.7. The van der Waals surface area contributed by atoms with Gasteiger partial charge in [-0.2, -0.15) is 5.10 Å². The largest absolute Gasteiger partial charge is 0.467 e. The number of nitrogens with one attached hydrogen (secondary N) is 1. The smallest absolute Gasteiger partial charge is 0.227 e. The van der Waals surface area contributed by atoms with Crippen LogP contribution >= 0.6 is 0 Å². The predicted molar refractivity (Wildman–Crippen MR) is 94.9 cm³/mol. The fourth-order valence-electron chi connectivity index (χ4n) is 3.05. The van der Waals surface area contributed by atoms with Crippen molar-refractivity contribution >= 4 is 11.7 Å². The van der Waals surface area contributed by atoms with Crippen molar-refractivity contribution in [2.24, 2.45) is 5.92 Å². The van der Waals surface area contributed by atoms with Gasteiger partial charge in [0.15, 0.2) is 5.82 Å². The average Bonchev–Trinajstić information content (AvgIpc) is 3.21. The molecule has 134 valence electrons. The van der Waals surface area contributed by atoms with Gasteiger partial charge >= 0.3 is 0 Å². The summed E-state index contributed by atoms with van der Waals surface area (Å²) in [6, 6.07) is 7.55. The van der Waals surface area contributed by atoms with Crippen LogP contribution in [0, 0.1) is 19.8 Å². The van der Waals surface area contributed by atoms with Crippen molar-refractivity contribution in [1.82, 2.24) is 25.1 Å². The van der Waals surface area contributed by atoms with Crippen LogP contribution in [0.1, 0.15) is 17.1 Å². The Kier molecular flexibility index (Phi) is 4.16. The first-order valence-electron chi connectivity index (χ1n) is 8.51. The third kappa shape index (κ3) is 3.17. The minimum absolute atomic E-state index is 0.0328. The maximum atomic E-state index is 12.2. The predicted octanol–water partition coefficient (Wildman–Crippen LogP) is 1.62. The first-order chi connectivity index (χ1) is 12.6. The molecule has 0 atom stereocenters. The van der Waals surface area contributed by atoms with Gasteiger partial charge < -0.3 is 14.6 Å². The number of hydrogen-bond donors (Lipinski definition) is 1. The standard InChI is InChI=1S/C18H20N6O2/c1-12-6-13(2)24(22-12)17-7-16(20-11-21-17)23-9-14(10-23)18(25)19-8-15-4-3-5-26-15/h3-7,11,14H,8-10H2,1-2H3,(H,19,25). The summed E-state index contributed by atoms with van der Waals surface area (Å²) in [7, 11) is 0. The van der Waals surface area contributed by atoms with Gasteiger partial charge in [-0.15, -0.1) is 0 Å². The van der Waals surface area contributed by atoms with Crippen molar-refractivity contribution in [1.29, 1.82) is 0 Å². The summed E-state index contributed by atoms with van der Waals surface area (Å²) < 4.78 is 7.02. The van der Waals surface area contributed by atoms with E-state index in [1.165, 1.54) is 6.33 Å². The van der Waals surface area contributed by atoms with Crippen LogP contribution in [0.5, 0.6) is 0 Å². The van der Waals surface area contributed by atoms with Crippen molar-refractivity contribution in [3.63, 3.8) is 0 Å². The number of carbonyl (C=O) groups is 1. The van der Waals surface area contributed by atoms with Crippen molar-refractivity contribution in [2.45, 2.75) is 20.4 Å². The SMILES string of the molecule is Cc1cc(C)n(-c2cc(N3CC(C(=O)NCc4ccco4)C3)ncn2)n1. The summed E-state index contributed by atoms with van der Waals surface area (Å²) >= 11 is 0. The number of furan rings is 1. The number of amides is 1. The van der Waals surface area contributed by atoms with Gasteiger partial charge in [-0.1, -0.05) is 0 Å². The highest BCUT2D eigenvalue weighted by Crippen LogP contribution is 2.24. The Hall–Kier alpha value is -3.16. The van der Waals surface area contributed by atoms with Crippen LogP contribution in [0.2, 0.25) is 0 Å². The van der Waals surface area contributed by atoms with Crippen LogP contribution in [-0.4, -0.2) is 38.7 Å². The van der Waals surface area contributed by atoms with Crippen molar-refractivity contribution in [3.8, 4) is 5.82 Å². The number of rotatable bonds is 5. The fraction of sp³-hybridized carbons (Fsp3) is 0.333. The van der Waals surface area contributed by atoms with Gasteiger partial charge in [-0.3, -0.25) is 4.79 Å². The number of aromatic nitrogens is 4. The molecule has 0 aromatic carbocycles. The van der Waals surface area contributed by atoms with E-state index in [0.29, 0.717) is 19.6 Å². The average molecular weight is 352 g/mol. The minimum atomic E-state index is -0.0444. The third-order valence-corrected chi connectivity index (χ3v) is 4.46. The first kappa shape index (κ1) is 16.3. The number of hydrogen-bond acceptors (Lipinski definition) is 6. The van der Waals surface area contributed by atoms with E-state index in [0.717, 1.165) is 28.8 Å². The summed E-state index contributed by atoms with van der Waals surface area (Å²) in [6.07, 6.45) is 3.13. The zero-order valence-corrected chi connectivity index (χ0v) is 14.7. The molecule has 8 nitrogen and oxygen atoms in total. The highest BCUT2D eigenvalue weighted by atomic mass is 16.3. The van der Waals surface area contributed by atoms with E-state index in [1.807, 2.05) is 38.1 Å². The van der Waals surface area contributed by atoms with Crippen LogP contribution < -0.4 is 10.2 Å². The lowest BCUT2D eigenvalue weighted by Gasteiger charge is -2.39. The van der Waals surface area contributed by atoms with Gasteiger partial charge in [-0.25, -0.2) is 14.6 Å². The van der Waals surface area contributed by atoms with Crippen molar-refractivity contribution < 1.29 is 9.21 Å². The Morgan fingerprint density at radius 1 is 1.27 bits per heavy atom. The van der Waals surface area contributed by atoms with Crippen LogP contribution in [0.15, 0.2) is 41.3 Å². The molecular weight excluding hydrogens is 332 g/mol. The van der Waals surface area contributed by atoms with Crippen LogP contribution in [0.4, 0.5) is 5.82 Å². The molecule has 1 aliphatic rings. The van der Waals surface area contributed by atoms with Crippen molar-refractivity contribution in [3.05, 3.63) is 54.0 Å². The molecule has 3 aromatic rings. The molecule has 1 amide bonds. The lowest BCUT2D eigenvalue weighted by molar-refractivity contribution is -0.126. The Labute approximate surface area is 150 Å². The molecule has 1 fully saturated rings. The second kappa shape index (κ2) is 6.62. The van der Waals surface area contributed by atoms with E-state index in [1.54, 1.807) is 10.9 Å². The molecule has 26 heavy (non-hydrogen) atoms. The fourth-order valence-corrected chi connectivity index (χ4v) is 3.05. The summed E-state index contributed by atoms with van der Waals surface area (Å²) in [5.41, 5.74) is 1.96. The Morgan fingerprint density at radius 3 is 2.77 bits per heavy atom. The maximum Gasteiger partial charge on any atom is 0.227 e. The molecule has 0 radical (unpaired) electrons. The van der Waals surface area contributed by atoms with Gasteiger partial charge in [-0.05, 0) is 32.0 Å². The Morgan fingerprint density at radius 2 is 2.08 bits per heavy atom. The Bertz CT molecular complexity index is 912. The topological polar surface area (TPSA) is 89.1 Å². The van der Waals surface area contributed by atoms with Gasteiger partial charge in [0.25, 0.3) is 0 Å². The third-order valence-electron chi connectivity index (χ3n) is 4.46. The van der Waals surface area contributed by atoms with Gasteiger partial charge in [0, 0.05) is 24.8 Å². The molecule has 0 spiro atoms. The normalized spacial score (nSPS) is 14.3. The lowest BCUT2D eigenvalue weighted by Crippen LogP contribution is -2.54. The Balaban J connectivity index is 1.37. The quantitative estimate of drug-likeness (QED) is 0.751. The molecule has 1 N–H and O–H groups in total. The molecule has 4 heterocycles. The number of aryl methyl sites for hydroxylation is 2. The summed E-state index contributed by atoms with van der Waals surface area (Å²) in [5, 5.41) is 7.35. The summed E-state index contributed by atoms with van der Waals surface area (Å²) in [4.78, 5) is 22.9. The number of nitrogens with zero attached hydrogens (tertiary/aromatic N) is 5. The monoisotopic (exact) mass is 352 g/mol. The molecule has 1 saturated heterocycles. The molecule has 0 aliphatic carbocycles. The van der Waals surface area contributed by atoms with E-state index in [4.69, 9.17) is 4.42 Å². The summed E-state index contributed by atoms with van der Waals surface area (Å²) in [5.74, 6) is 2.27. The van der Waals surface area contributed by atoms with E-state index in [9.17, 15) is 4.79 Å². The van der Waals surface area contributed by atoms with E-state index in [2.05, 4.69) is 25.3 Å². The second-order valence-electron chi connectivity index (χ2n) is 6.47. The van der Waals surface area contributed by atoms with Gasteiger partial charge in [0.2, 0.25) is 5.91 Å². The highest BCUT2D eigenvalue weighted by Gasteiger charge is 2.33. The molecule has 1 aliphatic heterocycles. The highest BCUT2D eigenvalue weighted by molar-refractivity contribution is 5.81. The maximum absolute atomic E-state index is 12.2. The minimum Gasteiger partial charge on any atom is -0.467 e. The van der Waals surface area contributed by atoms with E-state index >= 15 is 0 Å². The molecule has 0 saturated carbocycles. The molecule has 0 unspecified atom stereocenters. The molecule has 0 bridgehead atoms. The molecule has 3 aromatic heterocycles. The number of carbonyl (C=O) groups excluding carboxylic acids is 1. The van der Waals surface area contributed by atoms with Crippen LogP contribution in [0.25, 0.3) is 5.82 Å².